The molecule has 3 N–H and O–H groups in total. The Kier molecular flexibility index (Phi) is 4.35. The maximum atomic E-state index is 11.8. The highest BCUT2D eigenvalue weighted by Crippen LogP contribution is 2.40. The van der Waals surface area contributed by atoms with Gasteiger partial charge in [0.1, 0.15) is 0 Å². The third-order valence-electron chi connectivity index (χ3n) is 3.09. The molecule has 0 aromatic heterocycles. The van der Waals surface area contributed by atoms with Gasteiger partial charge in [-0.05, 0) is 36.6 Å². The summed E-state index contributed by atoms with van der Waals surface area (Å²) < 4.78 is 1.04. The van der Waals surface area contributed by atoms with Crippen LogP contribution >= 0.6 is 27.7 Å². The Bertz CT molecular complexity index is 464. The number of nitrogens with two attached hydrogens (primary N) is 1. The molecule has 1 heterocycles. The first-order valence-electron chi connectivity index (χ1n) is 5.97. The predicted molar refractivity (Wildman–Crippen MR) is 78.6 cm³/mol. The summed E-state index contributed by atoms with van der Waals surface area (Å²) >= 11 is 5.33. The lowest BCUT2D eigenvalue weighted by Gasteiger charge is -2.32. The van der Waals surface area contributed by atoms with Gasteiger partial charge < -0.3 is 11.1 Å². The van der Waals surface area contributed by atoms with Crippen LogP contribution in [0.4, 0.5) is 0 Å². The number of benzene rings is 1. The van der Waals surface area contributed by atoms with E-state index < -0.39 is 6.04 Å². The molecule has 2 unspecified atom stereocenters. The Labute approximate surface area is 120 Å². The number of thioether (sulfide) groups is 1. The molecule has 0 spiro atoms. The smallest absolute Gasteiger partial charge is 0.237 e. The molecule has 1 aliphatic heterocycles. The van der Waals surface area contributed by atoms with E-state index in [0.29, 0.717) is 5.92 Å². The average Bonchev–Trinajstić information content (AvgIpc) is 2.32. The second-order valence-electron chi connectivity index (χ2n) is 4.75. The van der Waals surface area contributed by atoms with Gasteiger partial charge in [-0.1, -0.05) is 22.9 Å². The molecule has 2 rings (SSSR count). The highest BCUT2D eigenvalue weighted by Gasteiger charge is 2.29. The molecule has 1 aromatic carbocycles. The molecule has 18 heavy (non-hydrogen) atoms. The number of carbonyl (C=O) groups excluding carboxylic acids is 1. The first kappa shape index (κ1) is 13.9. The summed E-state index contributed by atoms with van der Waals surface area (Å²) in [7, 11) is 0. The standard InChI is InChI=1S/C13H17BrN2OS/c1-7-6-18-11-4-3-9(14)5-10(11)12(7)16-13(17)8(2)15/h3-5,7-8,12H,6,15H2,1-2H3,(H,16,17)/t7?,8-,12?/m1/s1. The van der Waals surface area contributed by atoms with Crippen LogP contribution in [-0.4, -0.2) is 17.7 Å². The molecule has 0 radical (unpaired) electrons. The van der Waals surface area contributed by atoms with E-state index in [1.165, 1.54) is 10.5 Å². The van der Waals surface area contributed by atoms with E-state index in [1.54, 1.807) is 6.92 Å². The van der Waals surface area contributed by atoms with Crippen molar-refractivity contribution < 1.29 is 4.79 Å². The molecular formula is C13H17BrN2OS. The van der Waals surface area contributed by atoms with Gasteiger partial charge in [0.2, 0.25) is 5.91 Å². The summed E-state index contributed by atoms with van der Waals surface area (Å²) in [5, 5.41) is 3.05. The van der Waals surface area contributed by atoms with Gasteiger partial charge in [0.05, 0.1) is 12.1 Å². The first-order chi connectivity index (χ1) is 8.49. The van der Waals surface area contributed by atoms with E-state index >= 15 is 0 Å². The van der Waals surface area contributed by atoms with Crippen LogP contribution in [0.25, 0.3) is 0 Å². The third kappa shape index (κ3) is 2.90. The SMILES string of the molecule is CC1CSc2ccc(Br)cc2C1NC(=O)[C@@H](C)N. The number of halogens is 1. The van der Waals surface area contributed by atoms with Crippen LogP contribution in [0.1, 0.15) is 25.5 Å². The van der Waals surface area contributed by atoms with E-state index in [0.717, 1.165) is 10.2 Å². The van der Waals surface area contributed by atoms with Gasteiger partial charge in [0, 0.05) is 15.1 Å². The van der Waals surface area contributed by atoms with Crippen LogP contribution in [0.15, 0.2) is 27.6 Å². The van der Waals surface area contributed by atoms with Crippen molar-refractivity contribution in [3.8, 4) is 0 Å². The van der Waals surface area contributed by atoms with E-state index in [2.05, 4.69) is 40.3 Å². The van der Waals surface area contributed by atoms with Crippen molar-refractivity contribution in [3.05, 3.63) is 28.2 Å². The van der Waals surface area contributed by atoms with Gasteiger partial charge in [0.15, 0.2) is 0 Å². The normalized spacial score (nSPS) is 24.2. The summed E-state index contributed by atoms with van der Waals surface area (Å²) in [6, 6.07) is 5.80. The van der Waals surface area contributed by atoms with Crippen LogP contribution in [0.5, 0.6) is 0 Å². The van der Waals surface area contributed by atoms with Gasteiger partial charge in [-0.3, -0.25) is 4.79 Å². The zero-order valence-corrected chi connectivity index (χ0v) is 12.8. The van der Waals surface area contributed by atoms with Crippen LogP contribution < -0.4 is 11.1 Å². The van der Waals surface area contributed by atoms with Crippen molar-refractivity contribution in [2.75, 3.05) is 5.75 Å². The van der Waals surface area contributed by atoms with E-state index in [-0.39, 0.29) is 11.9 Å². The van der Waals surface area contributed by atoms with Crippen molar-refractivity contribution >= 4 is 33.6 Å². The molecular weight excluding hydrogens is 312 g/mol. The minimum atomic E-state index is -0.470. The van der Waals surface area contributed by atoms with Crippen molar-refractivity contribution in [3.63, 3.8) is 0 Å². The monoisotopic (exact) mass is 328 g/mol. The van der Waals surface area contributed by atoms with E-state index in [9.17, 15) is 4.79 Å². The Balaban J connectivity index is 2.29. The summed E-state index contributed by atoms with van der Waals surface area (Å²) in [5.74, 6) is 1.32. The molecule has 3 atom stereocenters. The third-order valence-corrected chi connectivity index (χ3v) is 4.96. The zero-order valence-electron chi connectivity index (χ0n) is 10.4. The number of amides is 1. The van der Waals surface area contributed by atoms with E-state index in [1.807, 2.05) is 17.8 Å². The molecule has 98 valence electrons. The summed E-state index contributed by atoms with van der Waals surface area (Å²) in [6.07, 6.45) is 0. The second-order valence-corrected chi connectivity index (χ2v) is 6.72. The first-order valence-corrected chi connectivity index (χ1v) is 7.75. The lowest BCUT2D eigenvalue weighted by atomic mass is 9.95. The van der Waals surface area contributed by atoms with Gasteiger partial charge >= 0.3 is 0 Å². The maximum absolute atomic E-state index is 11.8. The van der Waals surface area contributed by atoms with Crippen molar-refractivity contribution in [2.45, 2.75) is 30.8 Å². The predicted octanol–water partition coefficient (Wildman–Crippen LogP) is 2.70. The van der Waals surface area contributed by atoms with Crippen LogP contribution in [0.3, 0.4) is 0 Å². The van der Waals surface area contributed by atoms with Crippen molar-refractivity contribution in [1.82, 2.24) is 5.32 Å². The Hall–Kier alpha value is -0.520. The number of fused-ring (bicyclic) bond motifs is 1. The van der Waals surface area contributed by atoms with Gasteiger partial charge in [-0.2, -0.15) is 0 Å². The second kappa shape index (κ2) is 5.63. The molecule has 1 aromatic rings. The maximum Gasteiger partial charge on any atom is 0.237 e. The van der Waals surface area contributed by atoms with Crippen LogP contribution in [0, 0.1) is 5.92 Å². The quantitative estimate of drug-likeness (QED) is 0.877. The molecule has 1 amide bonds. The molecule has 3 nitrogen and oxygen atoms in total. The van der Waals surface area contributed by atoms with Gasteiger partial charge in [0.25, 0.3) is 0 Å². The Morgan fingerprint density at radius 1 is 1.61 bits per heavy atom. The fourth-order valence-corrected chi connectivity index (χ4v) is 3.55. The Morgan fingerprint density at radius 3 is 3.00 bits per heavy atom. The molecule has 0 saturated carbocycles. The minimum Gasteiger partial charge on any atom is -0.348 e. The number of hydrogen-bond donors (Lipinski definition) is 2. The highest BCUT2D eigenvalue weighted by molar-refractivity contribution is 9.10. The summed E-state index contributed by atoms with van der Waals surface area (Å²) in [5.41, 5.74) is 6.80. The fourth-order valence-electron chi connectivity index (χ4n) is 2.02. The number of rotatable bonds is 2. The van der Waals surface area contributed by atoms with Crippen molar-refractivity contribution in [1.29, 1.82) is 0 Å². The highest BCUT2D eigenvalue weighted by atomic mass is 79.9. The van der Waals surface area contributed by atoms with Gasteiger partial charge in [-0.25, -0.2) is 0 Å². The number of hydrogen-bond acceptors (Lipinski definition) is 3. The fraction of sp³-hybridized carbons (Fsp3) is 0.462. The minimum absolute atomic E-state index is 0.0530. The van der Waals surface area contributed by atoms with E-state index in [4.69, 9.17) is 5.73 Å². The van der Waals surface area contributed by atoms with Gasteiger partial charge in [-0.15, -0.1) is 11.8 Å². The van der Waals surface area contributed by atoms with Crippen LogP contribution in [0.2, 0.25) is 0 Å². The lowest BCUT2D eigenvalue weighted by Crippen LogP contribution is -2.43. The zero-order chi connectivity index (χ0) is 13.3. The van der Waals surface area contributed by atoms with Crippen molar-refractivity contribution in [2.24, 2.45) is 11.7 Å². The average molecular weight is 329 g/mol. The van der Waals surface area contributed by atoms with Crippen LogP contribution in [-0.2, 0) is 4.79 Å². The molecule has 1 aliphatic rings. The number of nitrogens with one attached hydrogen (secondary N) is 1. The molecule has 5 heteroatoms. The largest absolute Gasteiger partial charge is 0.348 e. The Morgan fingerprint density at radius 2 is 2.33 bits per heavy atom. The number of carbonyl (C=O) groups is 1. The molecule has 0 bridgehead atoms. The topological polar surface area (TPSA) is 55.1 Å². The summed E-state index contributed by atoms with van der Waals surface area (Å²) in [4.78, 5) is 13.0. The molecule has 0 fully saturated rings. The summed E-state index contributed by atoms with van der Waals surface area (Å²) in [6.45, 7) is 3.86. The lowest BCUT2D eigenvalue weighted by molar-refractivity contribution is -0.123. The molecule has 0 saturated heterocycles. The molecule has 0 aliphatic carbocycles.